The topological polar surface area (TPSA) is 37.3 Å². The van der Waals surface area contributed by atoms with Crippen molar-refractivity contribution in [3.63, 3.8) is 0 Å². The molecule has 0 heterocycles. The van der Waals surface area contributed by atoms with E-state index in [0.717, 1.165) is 23.3 Å². The first kappa shape index (κ1) is 16.1. The monoisotopic (exact) mass is 308 g/mol. The number of carboxylic acids is 1. The molecule has 0 aliphatic heterocycles. The molecule has 1 saturated carbocycles. The molecule has 2 atom stereocenters. The lowest BCUT2D eigenvalue weighted by atomic mass is 9.91. The Hall–Kier alpha value is -1.29. The van der Waals surface area contributed by atoms with Crippen LogP contribution in [0, 0.1) is 11.7 Å². The fourth-order valence-electron chi connectivity index (χ4n) is 2.72. The molecule has 0 spiro atoms. The molecule has 1 aliphatic carbocycles. The summed E-state index contributed by atoms with van der Waals surface area (Å²) in [5.74, 6) is 0.211. The van der Waals surface area contributed by atoms with Gasteiger partial charge in [-0.2, -0.15) is 11.8 Å². The van der Waals surface area contributed by atoms with Crippen LogP contribution in [0.4, 0.5) is 4.39 Å². The minimum absolute atomic E-state index is 0.340. The molecule has 1 N–H and O–H groups in total. The van der Waals surface area contributed by atoms with Crippen molar-refractivity contribution in [1.82, 2.24) is 0 Å². The maximum Gasteiger partial charge on any atom is 0.328 e. The molecule has 2 rings (SSSR count). The molecule has 1 fully saturated rings. The Kier molecular flexibility index (Phi) is 5.85. The maximum atomic E-state index is 13.6. The Balaban J connectivity index is 1.97. The normalized spacial score (nSPS) is 22.6. The van der Waals surface area contributed by atoms with Crippen molar-refractivity contribution in [3.05, 3.63) is 41.2 Å². The van der Waals surface area contributed by atoms with Crippen molar-refractivity contribution >= 4 is 23.8 Å². The number of carboxylic acid groups (broad SMARTS) is 1. The van der Waals surface area contributed by atoms with Crippen molar-refractivity contribution in [3.8, 4) is 0 Å². The van der Waals surface area contributed by atoms with Crippen LogP contribution in [0.25, 0.3) is 6.08 Å². The minimum atomic E-state index is -1.06. The molecule has 0 amide bonds. The van der Waals surface area contributed by atoms with Crippen LogP contribution in [-0.2, 0) is 10.5 Å². The summed E-state index contributed by atoms with van der Waals surface area (Å²) in [6.07, 6.45) is 7.44. The summed E-state index contributed by atoms with van der Waals surface area (Å²) < 4.78 is 13.6. The van der Waals surface area contributed by atoms with Crippen LogP contribution < -0.4 is 0 Å². The number of thioether (sulfide) groups is 1. The van der Waals surface area contributed by atoms with Gasteiger partial charge < -0.3 is 5.11 Å². The number of carbonyl (C=O) groups is 1. The van der Waals surface area contributed by atoms with E-state index in [1.165, 1.54) is 37.8 Å². The summed E-state index contributed by atoms with van der Waals surface area (Å²) in [4.78, 5) is 10.5. The second-order valence-corrected chi connectivity index (χ2v) is 7.02. The predicted octanol–water partition coefficient (Wildman–Crippen LogP) is 4.74. The van der Waals surface area contributed by atoms with Gasteiger partial charge in [0.15, 0.2) is 0 Å². The number of hydrogen-bond acceptors (Lipinski definition) is 2. The summed E-state index contributed by atoms with van der Waals surface area (Å²) in [6, 6.07) is 4.95. The van der Waals surface area contributed by atoms with Gasteiger partial charge >= 0.3 is 5.97 Å². The third-order valence-corrected chi connectivity index (χ3v) is 5.24. The minimum Gasteiger partial charge on any atom is -0.478 e. The van der Waals surface area contributed by atoms with E-state index in [1.807, 2.05) is 11.8 Å². The van der Waals surface area contributed by atoms with Crippen LogP contribution in [0.5, 0.6) is 0 Å². The molecule has 1 aromatic carbocycles. The van der Waals surface area contributed by atoms with Gasteiger partial charge in [0.1, 0.15) is 5.82 Å². The van der Waals surface area contributed by atoms with Gasteiger partial charge in [-0.05, 0) is 42.5 Å². The van der Waals surface area contributed by atoms with Gasteiger partial charge in [0.05, 0.1) is 0 Å². The molecule has 21 heavy (non-hydrogen) atoms. The molecule has 114 valence electrons. The van der Waals surface area contributed by atoms with Gasteiger partial charge in [0.25, 0.3) is 0 Å². The van der Waals surface area contributed by atoms with Crippen molar-refractivity contribution in [2.45, 2.75) is 43.6 Å². The Labute approximate surface area is 129 Å². The third kappa shape index (κ3) is 5.20. The van der Waals surface area contributed by atoms with E-state index in [4.69, 9.17) is 5.11 Å². The highest BCUT2D eigenvalue weighted by atomic mass is 32.2. The van der Waals surface area contributed by atoms with E-state index >= 15 is 0 Å². The molecule has 2 unspecified atom stereocenters. The van der Waals surface area contributed by atoms with E-state index in [2.05, 4.69) is 6.92 Å². The molecule has 0 bridgehead atoms. The van der Waals surface area contributed by atoms with Crippen LogP contribution >= 0.6 is 11.8 Å². The molecular weight excluding hydrogens is 287 g/mol. The summed E-state index contributed by atoms with van der Waals surface area (Å²) in [7, 11) is 0. The predicted molar refractivity (Wildman–Crippen MR) is 85.8 cm³/mol. The van der Waals surface area contributed by atoms with Gasteiger partial charge in [0.2, 0.25) is 0 Å². The SMILES string of the molecule is CC1CCCC(SCc2ccc(F)c(C=CC(=O)O)c2)C1. The second kappa shape index (κ2) is 7.64. The van der Waals surface area contributed by atoms with Crippen molar-refractivity contribution < 1.29 is 14.3 Å². The highest BCUT2D eigenvalue weighted by molar-refractivity contribution is 7.99. The van der Waals surface area contributed by atoms with E-state index in [1.54, 1.807) is 12.1 Å². The van der Waals surface area contributed by atoms with E-state index in [9.17, 15) is 9.18 Å². The van der Waals surface area contributed by atoms with Crippen LogP contribution in [0.2, 0.25) is 0 Å². The van der Waals surface area contributed by atoms with Gasteiger partial charge in [-0.3, -0.25) is 0 Å². The lowest BCUT2D eigenvalue weighted by Gasteiger charge is -2.26. The molecule has 0 aromatic heterocycles. The van der Waals surface area contributed by atoms with Gasteiger partial charge in [-0.15, -0.1) is 0 Å². The Morgan fingerprint density at radius 3 is 3.00 bits per heavy atom. The van der Waals surface area contributed by atoms with Gasteiger partial charge in [0, 0.05) is 22.6 Å². The zero-order chi connectivity index (χ0) is 15.2. The highest BCUT2D eigenvalue weighted by Gasteiger charge is 2.19. The number of hydrogen-bond donors (Lipinski definition) is 1. The first-order valence-corrected chi connectivity index (χ1v) is 8.40. The highest BCUT2D eigenvalue weighted by Crippen LogP contribution is 2.33. The standard InChI is InChI=1S/C17H21FO2S/c1-12-3-2-4-15(9-12)21-11-13-5-7-16(18)14(10-13)6-8-17(19)20/h5-8,10,12,15H,2-4,9,11H2,1H3,(H,19,20). The first-order valence-electron chi connectivity index (χ1n) is 7.35. The van der Waals surface area contributed by atoms with E-state index in [0.29, 0.717) is 10.8 Å². The van der Waals surface area contributed by atoms with Gasteiger partial charge in [-0.25, -0.2) is 9.18 Å². The zero-order valence-corrected chi connectivity index (χ0v) is 13.0. The van der Waals surface area contributed by atoms with Crippen LogP contribution in [0.1, 0.15) is 43.7 Å². The number of halogens is 1. The fraction of sp³-hybridized carbons (Fsp3) is 0.471. The second-order valence-electron chi connectivity index (χ2n) is 5.73. The lowest BCUT2D eigenvalue weighted by Crippen LogP contribution is -2.15. The molecule has 1 aliphatic rings. The molecular formula is C17H21FO2S. The van der Waals surface area contributed by atoms with Crippen LogP contribution in [0.15, 0.2) is 24.3 Å². The summed E-state index contributed by atoms with van der Waals surface area (Å²) in [5, 5.41) is 9.31. The van der Waals surface area contributed by atoms with E-state index < -0.39 is 5.97 Å². The molecule has 0 radical (unpaired) electrons. The third-order valence-electron chi connectivity index (χ3n) is 3.84. The fourth-order valence-corrected chi connectivity index (χ4v) is 4.12. The zero-order valence-electron chi connectivity index (χ0n) is 12.2. The average Bonchev–Trinajstić information content (AvgIpc) is 2.45. The molecule has 0 saturated heterocycles. The Morgan fingerprint density at radius 1 is 1.48 bits per heavy atom. The molecule has 4 heteroatoms. The number of benzene rings is 1. The Morgan fingerprint density at radius 2 is 2.29 bits per heavy atom. The van der Waals surface area contributed by atoms with Crippen LogP contribution in [0.3, 0.4) is 0 Å². The number of aliphatic carboxylic acids is 1. The lowest BCUT2D eigenvalue weighted by molar-refractivity contribution is -0.131. The average molecular weight is 308 g/mol. The number of rotatable bonds is 5. The molecule has 1 aromatic rings. The first-order chi connectivity index (χ1) is 10.0. The van der Waals surface area contributed by atoms with Crippen LogP contribution in [-0.4, -0.2) is 16.3 Å². The summed E-state index contributed by atoms with van der Waals surface area (Å²) in [5.41, 5.74) is 1.39. The van der Waals surface area contributed by atoms with Crippen molar-refractivity contribution in [2.75, 3.05) is 0 Å². The van der Waals surface area contributed by atoms with Crippen molar-refractivity contribution in [1.29, 1.82) is 0 Å². The van der Waals surface area contributed by atoms with Gasteiger partial charge in [-0.1, -0.05) is 25.8 Å². The smallest absolute Gasteiger partial charge is 0.328 e. The summed E-state index contributed by atoms with van der Waals surface area (Å²) >= 11 is 1.93. The quantitative estimate of drug-likeness (QED) is 0.799. The summed E-state index contributed by atoms with van der Waals surface area (Å²) in [6.45, 7) is 2.30. The molecule has 2 nitrogen and oxygen atoms in total. The largest absolute Gasteiger partial charge is 0.478 e. The van der Waals surface area contributed by atoms with Crippen molar-refractivity contribution in [2.24, 2.45) is 5.92 Å². The Bertz CT molecular complexity index is 528. The maximum absolute atomic E-state index is 13.6. The van der Waals surface area contributed by atoms with E-state index in [-0.39, 0.29) is 5.82 Å².